The molecule has 0 aromatic heterocycles. The minimum atomic E-state index is -0.313. The van der Waals surface area contributed by atoms with Crippen LogP contribution in [0, 0.1) is 5.92 Å². The average Bonchev–Trinajstić information content (AvgIpc) is 3.29. The van der Waals surface area contributed by atoms with E-state index in [0.717, 1.165) is 31.6 Å². The van der Waals surface area contributed by atoms with Gasteiger partial charge in [-0.3, -0.25) is 14.4 Å². The Bertz CT molecular complexity index is 653. The molecule has 7 heteroatoms. The van der Waals surface area contributed by atoms with Crippen molar-refractivity contribution in [3.8, 4) is 5.75 Å². The number of likely N-dealkylation sites (tertiary alicyclic amines) is 1. The van der Waals surface area contributed by atoms with Crippen LogP contribution < -0.4 is 15.0 Å². The van der Waals surface area contributed by atoms with Crippen LogP contribution in [-0.2, 0) is 14.4 Å². The highest BCUT2D eigenvalue weighted by atomic mass is 16.5. The van der Waals surface area contributed by atoms with E-state index in [0.29, 0.717) is 12.3 Å². The van der Waals surface area contributed by atoms with Crippen LogP contribution in [0.25, 0.3) is 0 Å². The smallest absolute Gasteiger partial charge is 0.260 e. The SMILES string of the molecule is CNC(=O)[C@H]1CC(=O)N(c2ccc(OCC(=O)N3CCCC3)cc2)C1. The molecule has 0 spiro atoms. The summed E-state index contributed by atoms with van der Waals surface area (Å²) in [5.41, 5.74) is 0.731. The molecular weight excluding hydrogens is 322 g/mol. The molecule has 1 aromatic carbocycles. The van der Waals surface area contributed by atoms with Crippen LogP contribution in [0.5, 0.6) is 5.75 Å². The van der Waals surface area contributed by atoms with Gasteiger partial charge in [-0.15, -0.1) is 0 Å². The highest BCUT2D eigenvalue weighted by Crippen LogP contribution is 2.27. The first-order valence-electron chi connectivity index (χ1n) is 8.61. The van der Waals surface area contributed by atoms with E-state index in [1.165, 1.54) is 0 Å². The summed E-state index contributed by atoms with van der Waals surface area (Å²) in [6.45, 7) is 2.03. The van der Waals surface area contributed by atoms with Gasteiger partial charge in [-0.1, -0.05) is 0 Å². The van der Waals surface area contributed by atoms with Crippen molar-refractivity contribution in [2.24, 2.45) is 5.92 Å². The van der Waals surface area contributed by atoms with E-state index in [9.17, 15) is 14.4 Å². The van der Waals surface area contributed by atoms with E-state index in [1.807, 2.05) is 4.90 Å². The van der Waals surface area contributed by atoms with Gasteiger partial charge in [-0.25, -0.2) is 0 Å². The van der Waals surface area contributed by atoms with Crippen LogP contribution in [0.2, 0.25) is 0 Å². The van der Waals surface area contributed by atoms with Crippen molar-refractivity contribution in [3.63, 3.8) is 0 Å². The standard InChI is InChI=1S/C18H23N3O4/c1-19-18(24)13-10-16(22)21(11-13)14-4-6-15(7-5-14)25-12-17(23)20-8-2-3-9-20/h4-7,13H,2-3,8-12H2,1H3,(H,19,24)/t13-/m0/s1. The summed E-state index contributed by atoms with van der Waals surface area (Å²) in [7, 11) is 1.57. The maximum Gasteiger partial charge on any atom is 0.260 e. The number of amides is 3. The van der Waals surface area contributed by atoms with E-state index in [4.69, 9.17) is 4.74 Å². The van der Waals surface area contributed by atoms with Gasteiger partial charge < -0.3 is 19.9 Å². The Hall–Kier alpha value is -2.57. The molecule has 0 radical (unpaired) electrons. The number of hydrogen-bond acceptors (Lipinski definition) is 4. The van der Waals surface area contributed by atoms with Crippen LogP contribution in [-0.4, -0.2) is 55.9 Å². The Balaban J connectivity index is 1.56. The fraction of sp³-hybridized carbons (Fsp3) is 0.500. The molecule has 1 atom stereocenters. The quantitative estimate of drug-likeness (QED) is 0.856. The fourth-order valence-electron chi connectivity index (χ4n) is 3.26. The number of anilines is 1. The Kier molecular flexibility index (Phi) is 5.21. The Labute approximate surface area is 146 Å². The van der Waals surface area contributed by atoms with Crippen LogP contribution in [0.4, 0.5) is 5.69 Å². The largest absolute Gasteiger partial charge is 0.484 e. The molecule has 2 aliphatic heterocycles. The summed E-state index contributed by atoms with van der Waals surface area (Å²) in [4.78, 5) is 39.2. The topological polar surface area (TPSA) is 79.0 Å². The van der Waals surface area contributed by atoms with E-state index in [2.05, 4.69) is 5.32 Å². The molecule has 2 aliphatic rings. The van der Waals surface area contributed by atoms with Gasteiger partial charge in [-0.2, -0.15) is 0 Å². The number of hydrogen-bond donors (Lipinski definition) is 1. The lowest BCUT2D eigenvalue weighted by atomic mass is 10.1. The van der Waals surface area contributed by atoms with E-state index >= 15 is 0 Å². The van der Waals surface area contributed by atoms with Gasteiger partial charge >= 0.3 is 0 Å². The van der Waals surface area contributed by atoms with Gasteiger partial charge in [-0.05, 0) is 37.1 Å². The highest BCUT2D eigenvalue weighted by molar-refractivity contribution is 6.00. The van der Waals surface area contributed by atoms with Crippen LogP contribution in [0.1, 0.15) is 19.3 Å². The summed E-state index contributed by atoms with van der Waals surface area (Å²) in [5, 5.41) is 2.59. The van der Waals surface area contributed by atoms with Crippen molar-refractivity contribution in [2.75, 3.05) is 38.2 Å². The molecule has 2 saturated heterocycles. The third kappa shape index (κ3) is 3.92. The molecule has 2 heterocycles. The van der Waals surface area contributed by atoms with Gasteiger partial charge in [0, 0.05) is 38.8 Å². The molecule has 3 rings (SSSR count). The van der Waals surface area contributed by atoms with Gasteiger partial charge in [0.15, 0.2) is 6.61 Å². The molecule has 1 N–H and O–H groups in total. The summed E-state index contributed by atoms with van der Waals surface area (Å²) >= 11 is 0. The van der Waals surface area contributed by atoms with Gasteiger partial charge in [0.1, 0.15) is 5.75 Å². The van der Waals surface area contributed by atoms with E-state index in [-0.39, 0.29) is 36.7 Å². The maximum absolute atomic E-state index is 12.1. The zero-order valence-corrected chi connectivity index (χ0v) is 14.4. The Morgan fingerprint density at radius 1 is 1.20 bits per heavy atom. The van der Waals surface area contributed by atoms with Crippen molar-refractivity contribution < 1.29 is 19.1 Å². The number of benzene rings is 1. The number of rotatable bonds is 5. The minimum Gasteiger partial charge on any atom is -0.484 e. The predicted octanol–water partition coefficient (Wildman–Crippen LogP) is 0.787. The first-order chi connectivity index (χ1) is 12.1. The van der Waals surface area contributed by atoms with Gasteiger partial charge in [0.2, 0.25) is 11.8 Å². The molecule has 134 valence electrons. The van der Waals surface area contributed by atoms with Gasteiger partial charge in [0.05, 0.1) is 5.92 Å². The molecule has 3 amide bonds. The third-order valence-electron chi connectivity index (χ3n) is 4.71. The molecule has 25 heavy (non-hydrogen) atoms. The molecule has 0 bridgehead atoms. The average molecular weight is 345 g/mol. The lowest BCUT2D eigenvalue weighted by molar-refractivity contribution is -0.132. The molecule has 0 unspecified atom stereocenters. The second-order valence-corrected chi connectivity index (χ2v) is 6.39. The first-order valence-corrected chi connectivity index (χ1v) is 8.61. The number of nitrogens with zero attached hydrogens (tertiary/aromatic N) is 2. The zero-order chi connectivity index (χ0) is 17.8. The van der Waals surface area contributed by atoms with Crippen molar-refractivity contribution in [2.45, 2.75) is 19.3 Å². The van der Waals surface area contributed by atoms with E-state index < -0.39 is 0 Å². The molecule has 1 aromatic rings. The molecule has 2 fully saturated rings. The summed E-state index contributed by atoms with van der Waals surface area (Å²) in [5.74, 6) is 0.102. The Morgan fingerprint density at radius 2 is 1.88 bits per heavy atom. The third-order valence-corrected chi connectivity index (χ3v) is 4.71. The van der Waals surface area contributed by atoms with Crippen molar-refractivity contribution in [3.05, 3.63) is 24.3 Å². The van der Waals surface area contributed by atoms with E-state index in [1.54, 1.807) is 36.2 Å². The minimum absolute atomic E-state index is 0.00437. The zero-order valence-electron chi connectivity index (χ0n) is 14.4. The fourth-order valence-corrected chi connectivity index (χ4v) is 3.26. The summed E-state index contributed by atoms with van der Waals surface area (Å²) in [6.07, 6.45) is 2.34. The van der Waals surface area contributed by atoms with Crippen LogP contribution in [0.15, 0.2) is 24.3 Å². The number of ether oxygens (including phenoxy) is 1. The Morgan fingerprint density at radius 3 is 2.52 bits per heavy atom. The number of carbonyl (C=O) groups excluding carboxylic acids is 3. The predicted molar refractivity (Wildman–Crippen MR) is 92.3 cm³/mol. The summed E-state index contributed by atoms with van der Waals surface area (Å²) < 4.78 is 5.54. The maximum atomic E-state index is 12.1. The number of carbonyl (C=O) groups is 3. The first kappa shape index (κ1) is 17.3. The second-order valence-electron chi connectivity index (χ2n) is 6.39. The lowest BCUT2D eigenvalue weighted by Crippen LogP contribution is -2.32. The molecule has 0 aliphatic carbocycles. The van der Waals surface area contributed by atoms with Crippen molar-refractivity contribution in [1.82, 2.24) is 10.2 Å². The highest BCUT2D eigenvalue weighted by Gasteiger charge is 2.34. The molecule has 0 saturated carbocycles. The number of nitrogens with one attached hydrogen (secondary N) is 1. The van der Waals surface area contributed by atoms with Crippen molar-refractivity contribution in [1.29, 1.82) is 0 Å². The normalized spacial score (nSPS) is 20.0. The summed E-state index contributed by atoms with van der Waals surface area (Å²) in [6, 6.07) is 7.04. The molecular formula is C18H23N3O4. The van der Waals surface area contributed by atoms with Crippen LogP contribution in [0.3, 0.4) is 0 Å². The monoisotopic (exact) mass is 345 g/mol. The van der Waals surface area contributed by atoms with Gasteiger partial charge in [0.25, 0.3) is 5.91 Å². The molecule has 7 nitrogen and oxygen atoms in total. The van der Waals surface area contributed by atoms with Crippen LogP contribution >= 0.6 is 0 Å². The second kappa shape index (κ2) is 7.55. The lowest BCUT2D eigenvalue weighted by Gasteiger charge is -2.18. The van der Waals surface area contributed by atoms with Crippen molar-refractivity contribution >= 4 is 23.4 Å².